The SMILES string of the molecule is CCCC[C@H]1C(=O)OC[C@H]1C. The quantitative estimate of drug-likeness (QED) is 0.584. The van der Waals surface area contributed by atoms with Crippen molar-refractivity contribution in [2.75, 3.05) is 6.61 Å². The molecule has 2 heteroatoms. The van der Waals surface area contributed by atoms with Gasteiger partial charge in [-0.2, -0.15) is 0 Å². The molecule has 0 saturated carbocycles. The van der Waals surface area contributed by atoms with E-state index in [0.29, 0.717) is 12.5 Å². The zero-order chi connectivity index (χ0) is 8.27. The number of unbranched alkanes of at least 4 members (excludes halogenated alkanes) is 1. The molecule has 0 radical (unpaired) electrons. The summed E-state index contributed by atoms with van der Waals surface area (Å²) < 4.78 is 4.94. The molecule has 1 fully saturated rings. The second-order valence-corrected chi connectivity index (χ2v) is 3.36. The molecule has 0 aromatic heterocycles. The van der Waals surface area contributed by atoms with E-state index in [1.807, 2.05) is 0 Å². The summed E-state index contributed by atoms with van der Waals surface area (Å²) in [5.41, 5.74) is 0. The number of carbonyl (C=O) groups is 1. The molecule has 0 aromatic carbocycles. The molecule has 0 unspecified atom stereocenters. The second-order valence-electron chi connectivity index (χ2n) is 3.36. The highest BCUT2D eigenvalue weighted by Crippen LogP contribution is 2.26. The van der Waals surface area contributed by atoms with Crippen LogP contribution in [0.3, 0.4) is 0 Å². The van der Waals surface area contributed by atoms with Crippen LogP contribution in [-0.4, -0.2) is 12.6 Å². The molecule has 0 amide bonds. The molecule has 1 saturated heterocycles. The maximum absolute atomic E-state index is 11.1. The average molecular weight is 156 g/mol. The van der Waals surface area contributed by atoms with Gasteiger partial charge in [-0.1, -0.05) is 26.7 Å². The van der Waals surface area contributed by atoms with E-state index < -0.39 is 0 Å². The van der Waals surface area contributed by atoms with Gasteiger partial charge in [0.1, 0.15) is 0 Å². The minimum Gasteiger partial charge on any atom is -0.465 e. The number of hydrogen-bond acceptors (Lipinski definition) is 2. The van der Waals surface area contributed by atoms with Crippen LogP contribution in [-0.2, 0) is 9.53 Å². The van der Waals surface area contributed by atoms with Gasteiger partial charge in [-0.3, -0.25) is 4.79 Å². The van der Waals surface area contributed by atoms with Crippen molar-refractivity contribution in [3.63, 3.8) is 0 Å². The Labute approximate surface area is 67.9 Å². The molecule has 11 heavy (non-hydrogen) atoms. The third-order valence-electron chi connectivity index (χ3n) is 2.35. The summed E-state index contributed by atoms with van der Waals surface area (Å²) in [7, 11) is 0. The maximum Gasteiger partial charge on any atom is 0.309 e. The summed E-state index contributed by atoms with van der Waals surface area (Å²) >= 11 is 0. The van der Waals surface area contributed by atoms with E-state index in [-0.39, 0.29) is 11.9 Å². The van der Waals surface area contributed by atoms with Gasteiger partial charge < -0.3 is 4.74 Å². The predicted octanol–water partition coefficient (Wildman–Crippen LogP) is 1.99. The van der Waals surface area contributed by atoms with Crippen LogP contribution in [0.15, 0.2) is 0 Å². The normalized spacial score (nSPS) is 30.5. The van der Waals surface area contributed by atoms with Crippen molar-refractivity contribution in [1.29, 1.82) is 0 Å². The minimum absolute atomic E-state index is 0.0194. The van der Waals surface area contributed by atoms with Crippen LogP contribution in [0.1, 0.15) is 33.1 Å². The Morgan fingerprint density at radius 2 is 2.36 bits per heavy atom. The number of ether oxygens (including phenoxy) is 1. The van der Waals surface area contributed by atoms with Crippen LogP contribution >= 0.6 is 0 Å². The smallest absolute Gasteiger partial charge is 0.309 e. The number of rotatable bonds is 3. The molecule has 0 N–H and O–H groups in total. The van der Waals surface area contributed by atoms with Gasteiger partial charge in [0.25, 0.3) is 0 Å². The van der Waals surface area contributed by atoms with Crippen molar-refractivity contribution < 1.29 is 9.53 Å². The summed E-state index contributed by atoms with van der Waals surface area (Å²) in [5.74, 6) is 0.648. The third kappa shape index (κ3) is 1.95. The first-order valence-electron chi connectivity index (χ1n) is 4.42. The Balaban J connectivity index is 2.35. The maximum atomic E-state index is 11.1. The monoisotopic (exact) mass is 156 g/mol. The van der Waals surface area contributed by atoms with Crippen molar-refractivity contribution in [2.24, 2.45) is 11.8 Å². The lowest BCUT2D eigenvalue weighted by Crippen LogP contribution is -2.12. The highest BCUT2D eigenvalue weighted by molar-refractivity contribution is 5.74. The molecular formula is C9H16O2. The molecule has 1 aliphatic rings. The summed E-state index contributed by atoms with van der Waals surface area (Å²) in [6.07, 6.45) is 3.32. The van der Waals surface area contributed by atoms with E-state index in [4.69, 9.17) is 4.74 Å². The number of cyclic esters (lactones) is 1. The van der Waals surface area contributed by atoms with Gasteiger partial charge in [-0.05, 0) is 6.42 Å². The van der Waals surface area contributed by atoms with Gasteiger partial charge >= 0.3 is 5.97 Å². The van der Waals surface area contributed by atoms with Crippen LogP contribution in [0.5, 0.6) is 0 Å². The average Bonchev–Trinajstić information content (AvgIpc) is 2.29. The standard InChI is InChI=1S/C9H16O2/c1-3-4-5-8-7(2)6-11-9(8)10/h7-8H,3-6H2,1-2H3/t7-,8-/m1/s1. The number of esters is 1. The Morgan fingerprint density at radius 1 is 1.64 bits per heavy atom. The lowest BCUT2D eigenvalue weighted by atomic mass is 9.92. The summed E-state index contributed by atoms with van der Waals surface area (Å²) in [5, 5.41) is 0. The molecule has 0 aliphatic carbocycles. The van der Waals surface area contributed by atoms with Crippen LogP contribution in [0.4, 0.5) is 0 Å². The number of hydrogen-bond donors (Lipinski definition) is 0. The zero-order valence-electron chi connectivity index (χ0n) is 7.30. The number of carbonyl (C=O) groups excluding carboxylic acids is 1. The first-order chi connectivity index (χ1) is 5.25. The molecule has 64 valence electrons. The highest BCUT2D eigenvalue weighted by Gasteiger charge is 2.32. The van der Waals surface area contributed by atoms with Gasteiger partial charge in [0.05, 0.1) is 12.5 Å². The lowest BCUT2D eigenvalue weighted by molar-refractivity contribution is -0.141. The fourth-order valence-electron chi connectivity index (χ4n) is 1.50. The molecule has 0 bridgehead atoms. The first-order valence-corrected chi connectivity index (χ1v) is 4.42. The van der Waals surface area contributed by atoms with Gasteiger partial charge in [0, 0.05) is 5.92 Å². The Hall–Kier alpha value is -0.530. The summed E-state index contributed by atoms with van der Waals surface area (Å²) in [4.78, 5) is 11.1. The first kappa shape index (κ1) is 8.57. The minimum atomic E-state index is 0.0194. The third-order valence-corrected chi connectivity index (χ3v) is 2.35. The van der Waals surface area contributed by atoms with E-state index in [0.717, 1.165) is 19.3 Å². The zero-order valence-corrected chi connectivity index (χ0v) is 7.30. The second kappa shape index (κ2) is 3.74. The molecule has 1 rings (SSSR count). The van der Waals surface area contributed by atoms with Crippen LogP contribution in [0.2, 0.25) is 0 Å². The molecular weight excluding hydrogens is 140 g/mol. The summed E-state index contributed by atoms with van der Waals surface area (Å²) in [6, 6.07) is 0. The van der Waals surface area contributed by atoms with E-state index in [2.05, 4.69) is 13.8 Å². The molecule has 2 atom stereocenters. The van der Waals surface area contributed by atoms with E-state index in [9.17, 15) is 4.79 Å². The van der Waals surface area contributed by atoms with Gasteiger partial charge in [-0.15, -0.1) is 0 Å². The van der Waals surface area contributed by atoms with Gasteiger partial charge in [-0.25, -0.2) is 0 Å². The van der Waals surface area contributed by atoms with Crippen molar-refractivity contribution in [2.45, 2.75) is 33.1 Å². The van der Waals surface area contributed by atoms with E-state index >= 15 is 0 Å². The summed E-state index contributed by atoms with van der Waals surface area (Å²) in [6.45, 7) is 4.86. The Morgan fingerprint density at radius 3 is 2.82 bits per heavy atom. The molecule has 0 aromatic rings. The van der Waals surface area contributed by atoms with Crippen LogP contribution < -0.4 is 0 Å². The molecule has 0 spiro atoms. The largest absolute Gasteiger partial charge is 0.465 e. The lowest BCUT2D eigenvalue weighted by Gasteiger charge is -2.07. The van der Waals surface area contributed by atoms with Gasteiger partial charge in [0.2, 0.25) is 0 Å². The highest BCUT2D eigenvalue weighted by atomic mass is 16.5. The van der Waals surface area contributed by atoms with Crippen molar-refractivity contribution in [3.05, 3.63) is 0 Å². The van der Waals surface area contributed by atoms with Crippen LogP contribution in [0, 0.1) is 11.8 Å². The fourth-order valence-corrected chi connectivity index (χ4v) is 1.50. The van der Waals surface area contributed by atoms with E-state index in [1.54, 1.807) is 0 Å². The topological polar surface area (TPSA) is 26.3 Å². The molecule has 2 nitrogen and oxygen atoms in total. The van der Waals surface area contributed by atoms with Crippen molar-refractivity contribution in [3.8, 4) is 0 Å². The van der Waals surface area contributed by atoms with Crippen molar-refractivity contribution in [1.82, 2.24) is 0 Å². The fraction of sp³-hybridized carbons (Fsp3) is 0.889. The Bertz CT molecular complexity index is 142. The molecule has 1 aliphatic heterocycles. The van der Waals surface area contributed by atoms with E-state index in [1.165, 1.54) is 0 Å². The van der Waals surface area contributed by atoms with Gasteiger partial charge in [0.15, 0.2) is 0 Å². The van der Waals surface area contributed by atoms with Crippen LogP contribution in [0.25, 0.3) is 0 Å². The Kier molecular flexibility index (Phi) is 2.92. The predicted molar refractivity (Wildman–Crippen MR) is 43.1 cm³/mol. The molecule has 1 heterocycles. The van der Waals surface area contributed by atoms with Crippen molar-refractivity contribution >= 4 is 5.97 Å².